The molecule has 2 aromatic rings. The summed E-state index contributed by atoms with van der Waals surface area (Å²) in [6.45, 7) is 4.49. The average molecular weight is 323 g/mol. The van der Waals surface area contributed by atoms with E-state index >= 15 is 0 Å². The first kappa shape index (κ1) is 13.7. The number of pyridine rings is 1. The number of carbonyl (C=O) groups excluding carboxylic acids is 1. The number of halogens is 1. The molecule has 19 heavy (non-hydrogen) atoms. The summed E-state index contributed by atoms with van der Waals surface area (Å²) < 4.78 is 2.72. The van der Waals surface area contributed by atoms with Crippen molar-refractivity contribution in [2.75, 3.05) is 5.32 Å². The highest BCUT2D eigenvalue weighted by Crippen LogP contribution is 2.11. The Hall–Kier alpha value is -1.69. The van der Waals surface area contributed by atoms with Crippen LogP contribution in [0.4, 0.5) is 5.82 Å². The van der Waals surface area contributed by atoms with Crippen LogP contribution in [-0.2, 0) is 11.3 Å². The van der Waals surface area contributed by atoms with Gasteiger partial charge in [0.15, 0.2) is 0 Å². The van der Waals surface area contributed by atoms with Gasteiger partial charge in [-0.15, -0.1) is 0 Å². The third kappa shape index (κ3) is 3.89. The van der Waals surface area contributed by atoms with E-state index in [1.807, 2.05) is 30.7 Å². The number of nitrogens with zero attached hydrogens (tertiary/aromatic N) is 3. The van der Waals surface area contributed by atoms with Gasteiger partial charge in [-0.3, -0.25) is 9.48 Å². The summed E-state index contributed by atoms with van der Waals surface area (Å²) in [5, 5.41) is 7.07. The van der Waals surface area contributed by atoms with Crippen molar-refractivity contribution in [2.24, 2.45) is 0 Å². The lowest BCUT2D eigenvalue weighted by Crippen LogP contribution is -2.16. The van der Waals surface area contributed by atoms with Gasteiger partial charge in [0.05, 0.1) is 5.69 Å². The number of aromatic nitrogens is 3. The van der Waals surface area contributed by atoms with Crippen molar-refractivity contribution in [1.82, 2.24) is 14.8 Å². The zero-order chi connectivity index (χ0) is 13.8. The van der Waals surface area contributed by atoms with Gasteiger partial charge in [-0.05, 0) is 48.0 Å². The number of nitrogens with one attached hydrogen (secondary N) is 1. The number of hydrogen-bond donors (Lipinski definition) is 1. The lowest BCUT2D eigenvalue weighted by molar-refractivity contribution is -0.116. The van der Waals surface area contributed by atoms with E-state index in [2.05, 4.69) is 31.3 Å². The van der Waals surface area contributed by atoms with Crippen molar-refractivity contribution in [3.63, 3.8) is 0 Å². The molecular formula is C13H15BrN4O. The number of amides is 1. The first-order chi connectivity index (χ1) is 9.04. The third-order valence-corrected chi connectivity index (χ3v) is 3.12. The van der Waals surface area contributed by atoms with Gasteiger partial charge in [0.25, 0.3) is 0 Å². The maximum Gasteiger partial charge on any atom is 0.227 e. The fourth-order valence-corrected chi connectivity index (χ4v) is 2.00. The van der Waals surface area contributed by atoms with Gasteiger partial charge in [-0.1, -0.05) is 0 Å². The van der Waals surface area contributed by atoms with Crippen LogP contribution < -0.4 is 5.32 Å². The molecule has 0 aromatic carbocycles. The molecule has 6 heteroatoms. The summed E-state index contributed by atoms with van der Waals surface area (Å²) in [6.07, 6.45) is 2.02. The van der Waals surface area contributed by atoms with E-state index in [0.717, 1.165) is 15.9 Å². The fourth-order valence-electron chi connectivity index (χ4n) is 1.76. The molecule has 0 atom stereocenters. The molecule has 0 aliphatic carbocycles. The number of hydrogen-bond acceptors (Lipinski definition) is 3. The molecule has 2 aromatic heterocycles. The molecule has 0 bridgehead atoms. The minimum atomic E-state index is -0.0672. The molecule has 100 valence electrons. The first-order valence-electron chi connectivity index (χ1n) is 5.97. The van der Waals surface area contributed by atoms with Gasteiger partial charge >= 0.3 is 0 Å². The van der Waals surface area contributed by atoms with Crippen LogP contribution in [0.1, 0.15) is 17.8 Å². The minimum absolute atomic E-state index is 0.0672. The standard InChI is InChI=1S/C13H15BrN4O/c1-9-7-10(2)18(17-9)6-5-13(19)16-12-4-3-11(14)8-15-12/h3-4,7-8H,5-6H2,1-2H3,(H,15,16,19). The molecule has 0 saturated heterocycles. The van der Waals surface area contributed by atoms with Gasteiger partial charge < -0.3 is 5.32 Å². The number of carbonyl (C=O) groups is 1. The molecule has 5 nitrogen and oxygen atoms in total. The molecule has 0 unspecified atom stereocenters. The van der Waals surface area contributed by atoms with Gasteiger partial charge in [-0.25, -0.2) is 4.98 Å². The van der Waals surface area contributed by atoms with Crippen LogP contribution in [-0.4, -0.2) is 20.7 Å². The van der Waals surface area contributed by atoms with Crippen LogP contribution in [0.5, 0.6) is 0 Å². The van der Waals surface area contributed by atoms with Gasteiger partial charge in [0, 0.05) is 29.3 Å². The van der Waals surface area contributed by atoms with Crippen LogP contribution >= 0.6 is 15.9 Å². The van der Waals surface area contributed by atoms with Crippen molar-refractivity contribution in [3.8, 4) is 0 Å². The van der Waals surface area contributed by atoms with E-state index in [9.17, 15) is 4.79 Å². The smallest absolute Gasteiger partial charge is 0.227 e. The maximum absolute atomic E-state index is 11.8. The molecule has 1 N–H and O–H groups in total. The number of rotatable bonds is 4. The second-order valence-electron chi connectivity index (χ2n) is 4.31. The molecule has 0 radical (unpaired) electrons. The Morgan fingerprint density at radius 2 is 2.21 bits per heavy atom. The van der Waals surface area contributed by atoms with Gasteiger partial charge in [-0.2, -0.15) is 5.10 Å². The van der Waals surface area contributed by atoms with E-state index in [0.29, 0.717) is 18.8 Å². The molecule has 2 rings (SSSR count). The second-order valence-corrected chi connectivity index (χ2v) is 5.23. The topological polar surface area (TPSA) is 59.8 Å². The molecule has 0 aliphatic heterocycles. The van der Waals surface area contributed by atoms with Crippen molar-refractivity contribution < 1.29 is 4.79 Å². The van der Waals surface area contributed by atoms with Crippen LogP contribution in [0.25, 0.3) is 0 Å². The van der Waals surface area contributed by atoms with Crippen LogP contribution in [0.2, 0.25) is 0 Å². The highest BCUT2D eigenvalue weighted by atomic mass is 79.9. The normalized spacial score (nSPS) is 10.5. The van der Waals surface area contributed by atoms with E-state index in [1.54, 1.807) is 12.3 Å². The van der Waals surface area contributed by atoms with Crippen molar-refractivity contribution in [3.05, 3.63) is 40.3 Å². The Bertz CT molecular complexity index is 577. The van der Waals surface area contributed by atoms with Gasteiger partial charge in [0.2, 0.25) is 5.91 Å². The van der Waals surface area contributed by atoms with E-state index < -0.39 is 0 Å². The molecule has 0 saturated carbocycles. The minimum Gasteiger partial charge on any atom is -0.311 e. The summed E-state index contributed by atoms with van der Waals surface area (Å²) in [7, 11) is 0. The van der Waals surface area contributed by atoms with Crippen molar-refractivity contribution in [2.45, 2.75) is 26.8 Å². The molecule has 0 fully saturated rings. The fraction of sp³-hybridized carbons (Fsp3) is 0.308. The Balaban J connectivity index is 1.88. The molecule has 0 spiro atoms. The zero-order valence-electron chi connectivity index (χ0n) is 10.9. The Morgan fingerprint density at radius 3 is 2.79 bits per heavy atom. The molecule has 2 heterocycles. The lowest BCUT2D eigenvalue weighted by atomic mass is 10.3. The molecule has 1 amide bonds. The Labute approximate surface area is 120 Å². The highest BCUT2D eigenvalue weighted by Gasteiger charge is 2.06. The van der Waals surface area contributed by atoms with E-state index in [1.165, 1.54) is 0 Å². The zero-order valence-corrected chi connectivity index (χ0v) is 12.4. The molecule has 0 aliphatic rings. The Kier molecular flexibility index (Phi) is 4.31. The molecular weight excluding hydrogens is 308 g/mol. The summed E-state index contributed by atoms with van der Waals surface area (Å²) in [5.74, 6) is 0.490. The van der Waals surface area contributed by atoms with E-state index in [-0.39, 0.29) is 5.91 Å². The largest absolute Gasteiger partial charge is 0.311 e. The van der Waals surface area contributed by atoms with Crippen molar-refractivity contribution >= 4 is 27.7 Å². The van der Waals surface area contributed by atoms with Crippen LogP contribution in [0.3, 0.4) is 0 Å². The quantitative estimate of drug-likeness (QED) is 0.941. The highest BCUT2D eigenvalue weighted by molar-refractivity contribution is 9.10. The number of anilines is 1. The van der Waals surface area contributed by atoms with Gasteiger partial charge in [0.1, 0.15) is 5.82 Å². The van der Waals surface area contributed by atoms with Crippen LogP contribution in [0, 0.1) is 13.8 Å². The summed E-state index contributed by atoms with van der Waals surface area (Å²) in [6, 6.07) is 5.59. The Morgan fingerprint density at radius 1 is 1.42 bits per heavy atom. The summed E-state index contributed by atoms with van der Waals surface area (Å²) >= 11 is 3.30. The predicted octanol–water partition coefficient (Wildman–Crippen LogP) is 2.69. The van der Waals surface area contributed by atoms with Crippen molar-refractivity contribution in [1.29, 1.82) is 0 Å². The van der Waals surface area contributed by atoms with Crippen LogP contribution in [0.15, 0.2) is 28.9 Å². The summed E-state index contributed by atoms with van der Waals surface area (Å²) in [5.41, 5.74) is 2.03. The third-order valence-electron chi connectivity index (χ3n) is 2.65. The predicted molar refractivity (Wildman–Crippen MR) is 76.9 cm³/mol. The lowest BCUT2D eigenvalue weighted by Gasteiger charge is -2.06. The maximum atomic E-state index is 11.8. The SMILES string of the molecule is Cc1cc(C)n(CCC(=O)Nc2ccc(Br)cn2)n1. The second kappa shape index (κ2) is 5.97. The summed E-state index contributed by atoms with van der Waals surface area (Å²) in [4.78, 5) is 15.9. The number of aryl methyl sites for hydroxylation is 3. The average Bonchev–Trinajstić information content (AvgIpc) is 2.68. The monoisotopic (exact) mass is 322 g/mol. The first-order valence-corrected chi connectivity index (χ1v) is 6.76. The van der Waals surface area contributed by atoms with E-state index in [4.69, 9.17) is 0 Å².